The number of ether oxygens (including phenoxy) is 1. The first-order chi connectivity index (χ1) is 13.5. The number of hydrogen-bond acceptors (Lipinski definition) is 4. The minimum Gasteiger partial charge on any atom is -0.462 e. The minimum atomic E-state index is -0.575. The Morgan fingerprint density at radius 2 is 2.04 bits per heavy atom. The van der Waals surface area contributed by atoms with E-state index in [1.165, 1.54) is 18.3 Å². The number of aromatic nitrogens is 2. The van der Waals surface area contributed by atoms with E-state index >= 15 is 0 Å². The van der Waals surface area contributed by atoms with Gasteiger partial charge in [0.15, 0.2) is 0 Å². The maximum atomic E-state index is 13.7. The van der Waals surface area contributed by atoms with E-state index in [0.29, 0.717) is 16.6 Å². The highest BCUT2D eigenvalue weighted by Crippen LogP contribution is 2.39. The first-order valence-corrected chi connectivity index (χ1v) is 9.36. The molecular formula is C21H21F2N3O2. The topological polar surface area (TPSA) is 46.8 Å². The standard InChI is InChI=1S/C21H21F2N3O2/c1-3-28-21(27)17-12-24-26-8-6-18(13(2)20(17)26)25-7-4-5-19(25)14-9-15(22)11-16(23)10-14/h6,8-12,19H,3-5,7H2,1-2H3. The molecule has 28 heavy (non-hydrogen) atoms. The number of aryl methyl sites for hydroxylation is 1. The number of hydrogen-bond donors (Lipinski definition) is 0. The number of benzene rings is 1. The molecule has 0 aliphatic carbocycles. The van der Waals surface area contributed by atoms with Crippen LogP contribution in [0.15, 0.2) is 36.7 Å². The zero-order valence-corrected chi connectivity index (χ0v) is 15.8. The Balaban J connectivity index is 1.78. The number of carbonyl (C=O) groups excluding carboxylic acids is 1. The van der Waals surface area contributed by atoms with Gasteiger partial charge in [-0.1, -0.05) is 0 Å². The Labute approximate surface area is 161 Å². The molecule has 3 heterocycles. The maximum absolute atomic E-state index is 13.7. The first-order valence-electron chi connectivity index (χ1n) is 9.36. The van der Waals surface area contributed by atoms with Crippen LogP contribution >= 0.6 is 0 Å². The van der Waals surface area contributed by atoms with Crippen LogP contribution in [-0.4, -0.2) is 28.7 Å². The van der Waals surface area contributed by atoms with E-state index in [0.717, 1.165) is 36.7 Å². The average Bonchev–Trinajstić information content (AvgIpc) is 3.29. The largest absolute Gasteiger partial charge is 0.462 e. The fraction of sp³-hybridized carbons (Fsp3) is 0.333. The third-order valence-electron chi connectivity index (χ3n) is 5.24. The Bertz CT molecular complexity index is 1030. The zero-order valence-electron chi connectivity index (χ0n) is 15.8. The third kappa shape index (κ3) is 3.10. The number of pyridine rings is 1. The molecule has 5 nitrogen and oxygen atoms in total. The normalized spacial score (nSPS) is 16.7. The van der Waals surface area contributed by atoms with Crippen LogP contribution in [-0.2, 0) is 4.74 Å². The smallest absolute Gasteiger partial charge is 0.341 e. The number of esters is 1. The highest BCUT2D eigenvalue weighted by molar-refractivity contribution is 5.98. The molecule has 0 amide bonds. The summed E-state index contributed by atoms with van der Waals surface area (Å²) in [7, 11) is 0. The van der Waals surface area contributed by atoms with Crippen molar-refractivity contribution in [2.75, 3.05) is 18.1 Å². The van der Waals surface area contributed by atoms with Gasteiger partial charge in [0, 0.05) is 24.5 Å². The van der Waals surface area contributed by atoms with E-state index < -0.39 is 17.6 Å². The lowest BCUT2D eigenvalue weighted by Crippen LogP contribution is -2.24. The molecular weight excluding hydrogens is 364 g/mol. The van der Waals surface area contributed by atoms with Crippen molar-refractivity contribution >= 4 is 17.2 Å². The van der Waals surface area contributed by atoms with Gasteiger partial charge < -0.3 is 9.64 Å². The number of fused-ring (bicyclic) bond motifs is 1. The van der Waals surface area contributed by atoms with Gasteiger partial charge in [0.1, 0.15) is 17.2 Å². The Morgan fingerprint density at radius 1 is 1.29 bits per heavy atom. The van der Waals surface area contributed by atoms with E-state index in [4.69, 9.17) is 4.74 Å². The van der Waals surface area contributed by atoms with Gasteiger partial charge in [-0.15, -0.1) is 0 Å². The summed E-state index contributed by atoms with van der Waals surface area (Å²) in [5.41, 5.74) is 3.52. The van der Waals surface area contributed by atoms with E-state index in [-0.39, 0.29) is 12.6 Å². The summed E-state index contributed by atoms with van der Waals surface area (Å²) < 4.78 is 34.3. The fourth-order valence-electron chi connectivity index (χ4n) is 4.08. The van der Waals surface area contributed by atoms with Crippen LogP contribution in [0.25, 0.3) is 5.52 Å². The van der Waals surface area contributed by atoms with Gasteiger partial charge in [-0.25, -0.2) is 18.1 Å². The van der Waals surface area contributed by atoms with Crippen LogP contribution < -0.4 is 4.90 Å². The van der Waals surface area contributed by atoms with Crippen molar-refractivity contribution < 1.29 is 18.3 Å². The van der Waals surface area contributed by atoms with Crippen LogP contribution in [0.3, 0.4) is 0 Å². The van der Waals surface area contributed by atoms with Crippen LogP contribution in [0.5, 0.6) is 0 Å². The molecule has 3 aromatic rings. The Hall–Kier alpha value is -2.96. The Kier molecular flexibility index (Phi) is 4.75. The summed E-state index contributed by atoms with van der Waals surface area (Å²) in [5.74, 6) is -1.56. The average molecular weight is 385 g/mol. The van der Waals surface area contributed by atoms with Crippen molar-refractivity contribution in [1.82, 2.24) is 9.61 Å². The SMILES string of the molecule is CCOC(=O)c1cnn2ccc(N3CCCC3c3cc(F)cc(F)c3)c(C)c12. The van der Waals surface area contributed by atoms with Crippen molar-refractivity contribution in [2.45, 2.75) is 32.7 Å². The zero-order chi connectivity index (χ0) is 19.8. The fourth-order valence-corrected chi connectivity index (χ4v) is 4.08. The quantitative estimate of drug-likeness (QED) is 0.623. The van der Waals surface area contributed by atoms with E-state index in [1.807, 2.05) is 13.0 Å². The second-order valence-electron chi connectivity index (χ2n) is 6.95. The second-order valence-corrected chi connectivity index (χ2v) is 6.95. The van der Waals surface area contributed by atoms with Crippen molar-refractivity contribution in [1.29, 1.82) is 0 Å². The van der Waals surface area contributed by atoms with Gasteiger partial charge in [-0.3, -0.25) is 0 Å². The lowest BCUT2D eigenvalue weighted by molar-refractivity contribution is 0.0528. The molecule has 1 aliphatic rings. The molecule has 1 atom stereocenters. The number of carbonyl (C=O) groups is 1. The van der Waals surface area contributed by atoms with Gasteiger partial charge in [-0.05, 0) is 56.0 Å². The first kappa shape index (κ1) is 18.4. The highest BCUT2D eigenvalue weighted by Gasteiger charge is 2.29. The summed E-state index contributed by atoms with van der Waals surface area (Å²) in [6.45, 7) is 4.74. The molecule has 4 rings (SSSR count). The van der Waals surface area contributed by atoms with E-state index in [9.17, 15) is 13.6 Å². The molecule has 1 fully saturated rings. The van der Waals surface area contributed by atoms with Crippen LogP contribution in [0, 0.1) is 18.6 Å². The van der Waals surface area contributed by atoms with Crippen molar-refractivity contribution in [3.63, 3.8) is 0 Å². The molecule has 7 heteroatoms. The van der Waals surface area contributed by atoms with Gasteiger partial charge in [0.05, 0.1) is 24.4 Å². The lowest BCUT2D eigenvalue weighted by atomic mass is 10.0. The lowest BCUT2D eigenvalue weighted by Gasteiger charge is -2.29. The molecule has 0 radical (unpaired) electrons. The molecule has 1 saturated heterocycles. The minimum absolute atomic E-state index is 0.125. The summed E-state index contributed by atoms with van der Waals surface area (Å²) in [6.07, 6.45) is 5.02. The van der Waals surface area contributed by atoms with Crippen molar-refractivity contribution in [2.24, 2.45) is 0 Å². The molecule has 0 bridgehead atoms. The number of nitrogens with zero attached hydrogens (tertiary/aromatic N) is 3. The van der Waals surface area contributed by atoms with Gasteiger partial charge in [0.2, 0.25) is 0 Å². The molecule has 146 valence electrons. The molecule has 0 saturated carbocycles. The number of halogens is 2. The van der Waals surface area contributed by atoms with E-state index in [1.54, 1.807) is 17.6 Å². The summed E-state index contributed by atoms with van der Waals surface area (Å²) >= 11 is 0. The number of rotatable bonds is 4. The highest BCUT2D eigenvalue weighted by atomic mass is 19.1. The monoisotopic (exact) mass is 385 g/mol. The Morgan fingerprint density at radius 3 is 2.75 bits per heavy atom. The summed E-state index contributed by atoms with van der Waals surface area (Å²) in [5, 5.41) is 4.25. The molecule has 1 aliphatic heterocycles. The predicted octanol–water partition coefficient (Wildman–Crippen LogP) is 4.44. The molecule has 1 aromatic carbocycles. The molecule has 1 unspecified atom stereocenters. The number of anilines is 1. The molecule has 2 aromatic heterocycles. The summed E-state index contributed by atoms with van der Waals surface area (Å²) in [4.78, 5) is 14.4. The van der Waals surface area contributed by atoms with E-state index in [2.05, 4.69) is 10.00 Å². The predicted molar refractivity (Wildman–Crippen MR) is 102 cm³/mol. The molecule has 0 spiro atoms. The van der Waals surface area contributed by atoms with Crippen LogP contribution in [0.2, 0.25) is 0 Å². The van der Waals surface area contributed by atoms with Crippen molar-refractivity contribution in [3.8, 4) is 0 Å². The van der Waals surface area contributed by atoms with Crippen LogP contribution in [0.4, 0.5) is 14.5 Å². The molecule has 0 N–H and O–H groups in total. The van der Waals surface area contributed by atoms with Gasteiger partial charge in [-0.2, -0.15) is 5.10 Å². The van der Waals surface area contributed by atoms with Crippen LogP contribution in [0.1, 0.15) is 47.3 Å². The third-order valence-corrected chi connectivity index (χ3v) is 5.24. The van der Waals surface area contributed by atoms with Crippen molar-refractivity contribution in [3.05, 3.63) is 65.0 Å². The summed E-state index contributed by atoms with van der Waals surface area (Å²) in [6, 6.07) is 5.47. The second kappa shape index (κ2) is 7.22. The van der Waals surface area contributed by atoms with Gasteiger partial charge >= 0.3 is 5.97 Å². The van der Waals surface area contributed by atoms with Gasteiger partial charge in [0.25, 0.3) is 0 Å². The maximum Gasteiger partial charge on any atom is 0.341 e.